The SMILES string of the molecule is Cl.N[C@@H](c1cc(Br)c(O)c(Br)c1)C1CC1. The summed E-state index contributed by atoms with van der Waals surface area (Å²) in [7, 11) is 0. The Morgan fingerprint density at radius 2 is 1.73 bits per heavy atom. The second kappa shape index (κ2) is 5.04. The fourth-order valence-corrected chi connectivity index (χ4v) is 2.73. The predicted molar refractivity (Wildman–Crippen MR) is 70.4 cm³/mol. The van der Waals surface area contributed by atoms with Gasteiger partial charge in [-0.1, -0.05) is 0 Å². The van der Waals surface area contributed by atoms with Crippen LogP contribution in [0.4, 0.5) is 0 Å². The highest BCUT2D eigenvalue weighted by Crippen LogP contribution is 2.42. The van der Waals surface area contributed by atoms with E-state index in [9.17, 15) is 5.11 Å². The van der Waals surface area contributed by atoms with Gasteiger partial charge in [0.05, 0.1) is 8.95 Å². The van der Waals surface area contributed by atoms with Crippen LogP contribution in [0.2, 0.25) is 0 Å². The van der Waals surface area contributed by atoms with E-state index < -0.39 is 0 Å². The molecule has 1 atom stereocenters. The summed E-state index contributed by atoms with van der Waals surface area (Å²) in [5.74, 6) is 0.857. The molecule has 0 spiro atoms. The summed E-state index contributed by atoms with van der Waals surface area (Å²) in [4.78, 5) is 0. The maximum atomic E-state index is 9.53. The van der Waals surface area contributed by atoms with Crippen LogP contribution < -0.4 is 5.73 Å². The summed E-state index contributed by atoms with van der Waals surface area (Å²) in [5, 5.41) is 9.53. The molecule has 0 bridgehead atoms. The van der Waals surface area contributed by atoms with E-state index in [4.69, 9.17) is 5.73 Å². The van der Waals surface area contributed by atoms with Crippen LogP contribution in [0.25, 0.3) is 0 Å². The van der Waals surface area contributed by atoms with Crippen molar-refractivity contribution in [3.05, 3.63) is 26.6 Å². The van der Waals surface area contributed by atoms with Crippen molar-refractivity contribution >= 4 is 44.3 Å². The number of halogens is 3. The molecule has 2 rings (SSSR count). The lowest BCUT2D eigenvalue weighted by molar-refractivity contribution is 0.467. The fraction of sp³-hybridized carbons (Fsp3) is 0.400. The molecule has 3 N–H and O–H groups in total. The van der Waals surface area contributed by atoms with Gasteiger partial charge in [0, 0.05) is 6.04 Å². The third kappa shape index (κ3) is 2.87. The minimum Gasteiger partial charge on any atom is -0.506 e. The zero-order valence-electron chi connectivity index (χ0n) is 7.91. The number of nitrogens with two attached hydrogens (primary N) is 1. The molecule has 2 nitrogen and oxygen atoms in total. The molecule has 0 aliphatic heterocycles. The topological polar surface area (TPSA) is 46.2 Å². The molecular formula is C10H12Br2ClNO. The van der Waals surface area contributed by atoms with E-state index in [0.29, 0.717) is 14.9 Å². The number of phenols is 1. The number of hydrogen-bond donors (Lipinski definition) is 2. The number of rotatable bonds is 2. The highest BCUT2D eigenvalue weighted by molar-refractivity contribution is 9.11. The lowest BCUT2D eigenvalue weighted by Gasteiger charge is -2.12. The largest absolute Gasteiger partial charge is 0.506 e. The standard InChI is InChI=1S/C10H11Br2NO.ClH/c11-7-3-6(4-8(12)10(7)14)9(13)5-1-2-5;/h3-5,9,14H,1-2,13H2;1H/t9-;/m1./s1. The highest BCUT2D eigenvalue weighted by Gasteiger charge is 2.30. The van der Waals surface area contributed by atoms with Crippen molar-refractivity contribution in [2.45, 2.75) is 18.9 Å². The Balaban J connectivity index is 0.00000112. The van der Waals surface area contributed by atoms with Crippen molar-refractivity contribution in [2.75, 3.05) is 0 Å². The predicted octanol–water partition coefficient (Wildman–Crippen LogP) is 3.75. The van der Waals surface area contributed by atoms with Crippen LogP contribution in [0.15, 0.2) is 21.1 Å². The van der Waals surface area contributed by atoms with E-state index in [-0.39, 0.29) is 24.2 Å². The number of benzene rings is 1. The van der Waals surface area contributed by atoms with E-state index in [1.54, 1.807) is 0 Å². The van der Waals surface area contributed by atoms with Gasteiger partial charge >= 0.3 is 0 Å². The molecule has 0 radical (unpaired) electrons. The minimum absolute atomic E-state index is 0. The van der Waals surface area contributed by atoms with Gasteiger partial charge in [-0.2, -0.15) is 0 Å². The third-order valence-electron chi connectivity index (χ3n) is 2.55. The van der Waals surface area contributed by atoms with Gasteiger partial charge in [0.25, 0.3) is 0 Å². The maximum absolute atomic E-state index is 9.53. The molecule has 1 aromatic carbocycles. The zero-order chi connectivity index (χ0) is 10.3. The molecule has 1 aromatic rings. The average Bonchev–Trinajstić information content (AvgIpc) is 2.95. The van der Waals surface area contributed by atoms with E-state index >= 15 is 0 Å². The van der Waals surface area contributed by atoms with Crippen molar-refractivity contribution in [1.82, 2.24) is 0 Å². The fourth-order valence-electron chi connectivity index (χ4n) is 1.51. The smallest absolute Gasteiger partial charge is 0.143 e. The van der Waals surface area contributed by atoms with E-state index in [1.165, 1.54) is 12.8 Å². The van der Waals surface area contributed by atoms with Crippen LogP contribution in [0.3, 0.4) is 0 Å². The lowest BCUT2D eigenvalue weighted by Crippen LogP contribution is -2.12. The van der Waals surface area contributed by atoms with Crippen molar-refractivity contribution in [3.63, 3.8) is 0 Å². The first kappa shape index (κ1) is 13.3. The van der Waals surface area contributed by atoms with Gasteiger partial charge in [-0.25, -0.2) is 0 Å². The molecular weight excluding hydrogens is 345 g/mol. The van der Waals surface area contributed by atoms with Crippen molar-refractivity contribution in [1.29, 1.82) is 0 Å². The third-order valence-corrected chi connectivity index (χ3v) is 3.76. The molecule has 1 aliphatic carbocycles. The Labute approximate surface area is 112 Å². The second-order valence-electron chi connectivity index (χ2n) is 3.70. The Morgan fingerprint density at radius 1 is 1.27 bits per heavy atom. The maximum Gasteiger partial charge on any atom is 0.143 e. The Morgan fingerprint density at radius 3 is 2.13 bits per heavy atom. The molecule has 0 heterocycles. The van der Waals surface area contributed by atoms with Crippen LogP contribution in [0, 0.1) is 5.92 Å². The van der Waals surface area contributed by atoms with Gasteiger partial charge in [-0.15, -0.1) is 12.4 Å². The first-order valence-corrected chi connectivity index (χ1v) is 6.11. The summed E-state index contributed by atoms with van der Waals surface area (Å²) in [5.41, 5.74) is 7.14. The van der Waals surface area contributed by atoms with Gasteiger partial charge in [-0.05, 0) is 68.3 Å². The number of phenolic OH excluding ortho intramolecular Hbond substituents is 1. The lowest BCUT2D eigenvalue weighted by atomic mass is 10.0. The Kier molecular flexibility index (Phi) is 4.47. The highest BCUT2D eigenvalue weighted by atomic mass is 79.9. The number of aromatic hydroxyl groups is 1. The summed E-state index contributed by atoms with van der Waals surface area (Å²) in [6.45, 7) is 0. The molecule has 1 fully saturated rings. The van der Waals surface area contributed by atoms with Crippen LogP contribution in [-0.2, 0) is 0 Å². The second-order valence-corrected chi connectivity index (χ2v) is 5.41. The van der Waals surface area contributed by atoms with Crippen LogP contribution in [0.1, 0.15) is 24.4 Å². The molecule has 0 aromatic heterocycles. The first-order valence-electron chi connectivity index (χ1n) is 4.53. The van der Waals surface area contributed by atoms with Gasteiger partial charge < -0.3 is 10.8 Å². The monoisotopic (exact) mass is 355 g/mol. The number of hydrogen-bond acceptors (Lipinski definition) is 2. The van der Waals surface area contributed by atoms with E-state index in [1.807, 2.05) is 12.1 Å². The first-order chi connectivity index (χ1) is 6.59. The molecule has 1 saturated carbocycles. The Bertz CT molecular complexity index is 345. The average molecular weight is 357 g/mol. The van der Waals surface area contributed by atoms with Gasteiger partial charge in [0.15, 0.2) is 0 Å². The van der Waals surface area contributed by atoms with Gasteiger partial charge in [0.1, 0.15) is 5.75 Å². The Hall–Kier alpha value is 0.230. The summed E-state index contributed by atoms with van der Waals surface area (Å²) in [6.07, 6.45) is 2.44. The van der Waals surface area contributed by atoms with Gasteiger partial charge in [0.2, 0.25) is 0 Å². The van der Waals surface area contributed by atoms with Crippen LogP contribution >= 0.6 is 44.3 Å². The molecule has 5 heteroatoms. The van der Waals surface area contributed by atoms with Gasteiger partial charge in [-0.3, -0.25) is 0 Å². The molecule has 0 saturated heterocycles. The zero-order valence-corrected chi connectivity index (χ0v) is 11.9. The van der Waals surface area contributed by atoms with Crippen molar-refractivity contribution < 1.29 is 5.11 Å². The normalized spacial score (nSPS) is 17.0. The molecule has 1 aliphatic rings. The molecule has 0 unspecified atom stereocenters. The minimum atomic E-state index is 0. The van der Waals surface area contributed by atoms with E-state index in [2.05, 4.69) is 31.9 Å². The molecule has 0 amide bonds. The van der Waals surface area contributed by atoms with Crippen LogP contribution in [-0.4, -0.2) is 5.11 Å². The summed E-state index contributed by atoms with van der Waals surface area (Å²) in [6, 6.07) is 3.88. The quantitative estimate of drug-likeness (QED) is 0.847. The van der Waals surface area contributed by atoms with Crippen molar-refractivity contribution in [2.24, 2.45) is 11.7 Å². The molecule has 84 valence electrons. The summed E-state index contributed by atoms with van der Waals surface area (Å²) < 4.78 is 1.39. The van der Waals surface area contributed by atoms with E-state index in [0.717, 1.165) is 5.56 Å². The van der Waals surface area contributed by atoms with Crippen LogP contribution in [0.5, 0.6) is 5.75 Å². The molecule has 15 heavy (non-hydrogen) atoms. The van der Waals surface area contributed by atoms with Crippen molar-refractivity contribution in [3.8, 4) is 5.75 Å². The summed E-state index contributed by atoms with van der Waals surface area (Å²) >= 11 is 6.60.